The Balaban J connectivity index is 1.55. The molecular weight excluding hydrogens is 391 g/mol. The molecule has 0 aliphatic heterocycles. The van der Waals surface area contributed by atoms with Gasteiger partial charge in [-0.3, -0.25) is 0 Å². The minimum absolute atomic E-state index is 0.0886. The summed E-state index contributed by atoms with van der Waals surface area (Å²) in [5.41, 5.74) is 5.19. The van der Waals surface area contributed by atoms with Crippen molar-refractivity contribution in [1.82, 2.24) is 0 Å². The molecule has 0 bridgehead atoms. The topological polar surface area (TPSA) is 0 Å². The van der Waals surface area contributed by atoms with E-state index in [9.17, 15) is 0 Å². The maximum atomic E-state index is 15.3. The molecule has 0 radical (unpaired) electrons. The van der Waals surface area contributed by atoms with Gasteiger partial charge in [-0.25, -0.2) is 4.39 Å². The fourth-order valence-electron chi connectivity index (χ4n) is 5.85. The van der Waals surface area contributed by atoms with Crippen molar-refractivity contribution in [3.63, 3.8) is 0 Å². The summed E-state index contributed by atoms with van der Waals surface area (Å²) in [5, 5.41) is 0. The van der Waals surface area contributed by atoms with Crippen LogP contribution in [0.1, 0.15) is 76.7 Å². The zero-order valence-corrected chi connectivity index (χ0v) is 19.7. The monoisotopic (exact) mass is 428 g/mol. The predicted octanol–water partition coefficient (Wildman–Crippen LogP) is 9.65. The summed E-state index contributed by atoms with van der Waals surface area (Å²) >= 11 is 0. The zero-order valence-electron chi connectivity index (χ0n) is 19.7. The summed E-state index contributed by atoms with van der Waals surface area (Å²) in [6.07, 6.45) is 10.4. The molecular formula is C31H37F. The van der Waals surface area contributed by atoms with E-state index in [4.69, 9.17) is 0 Å². The van der Waals surface area contributed by atoms with Gasteiger partial charge in [-0.15, -0.1) is 0 Å². The highest BCUT2D eigenvalue weighted by Gasteiger charge is 2.31. The quantitative estimate of drug-likeness (QED) is 0.335. The molecule has 0 amide bonds. The largest absolute Gasteiger partial charge is 0.206 e. The second kappa shape index (κ2) is 10.9. The van der Waals surface area contributed by atoms with Crippen LogP contribution in [-0.4, -0.2) is 0 Å². The molecule has 3 aromatic carbocycles. The molecule has 0 heterocycles. The van der Waals surface area contributed by atoms with Crippen LogP contribution in [0.4, 0.5) is 4.39 Å². The Morgan fingerprint density at radius 3 is 2.19 bits per heavy atom. The van der Waals surface area contributed by atoms with Crippen molar-refractivity contribution < 1.29 is 4.39 Å². The summed E-state index contributed by atoms with van der Waals surface area (Å²) in [7, 11) is 0. The number of hydrogen-bond acceptors (Lipinski definition) is 0. The van der Waals surface area contributed by atoms with E-state index in [0.29, 0.717) is 17.4 Å². The van der Waals surface area contributed by atoms with Crippen LogP contribution in [0.5, 0.6) is 0 Å². The van der Waals surface area contributed by atoms with Crippen LogP contribution in [0.3, 0.4) is 0 Å². The minimum atomic E-state index is -0.0886. The van der Waals surface area contributed by atoms with E-state index in [1.54, 1.807) is 0 Å². The highest BCUT2D eigenvalue weighted by atomic mass is 19.1. The SMILES string of the molecule is CCCCC1CCCCC1C(CC)c1ccc(-c2ccc(-c3ccccc3)cc2)c(F)c1. The first-order valence-electron chi connectivity index (χ1n) is 12.7. The third-order valence-corrected chi connectivity index (χ3v) is 7.58. The molecule has 168 valence electrons. The lowest BCUT2D eigenvalue weighted by atomic mass is 9.68. The van der Waals surface area contributed by atoms with Gasteiger partial charge < -0.3 is 0 Å². The highest BCUT2D eigenvalue weighted by Crippen LogP contribution is 2.44. The van der Waals surface area contributed by atoms with Crippen molar-refractivity contribution in [2.75, 3.05) is 0 Å². The van der Waals surface area contributed by atoms with E-state index in [2.05, 4.69) is 44.2 Å². The van der Waals surface area contributed by atoms with Gasteiger partial charge in [-0.2, -0.15) is 0 Å². The second-order valence-corrected chi connectivity index (χ2v) is 9.55. The molecule has 1 aliphatic rings. The Labute approximate surface area is 193 Å². The highest BCUT2D eigenvalue weighted by molar-refractivity contribution is 5.70. The number of unbranched alkanes of at least 4 members (excludes halogenated alkanes) is 1. The fraction of sp³-hybridized carbons (Fsp3) is 0.419. The standard InChI is InChI=1S/C31H37F/c1-3-5-11-25-14-9-10-15-29(25)28(4-2)27-20-21-30(31(32)22-27)26-18-16-24(17-19-26)23-12-7-6-8-13-23/h6-8,12-13,16-22,25,28-29H,3-5,9-11,14-15H2,1-2H3. The molecule has 0 N–H and O–H groups in total. The predicted molar refractivity (Wildman–Crippen MR) is 135 cm³/mol. The summed E-state index contributed by atoms with van der Waals surface area (Å²) in [6.45, 7) is 4.57. The molecule has 32 heavy (non-hydrogen) atoms. The molecule has 4 rings (SSSR count). The van der Waals surface area contributed by atoms with Crippen LogP contribution in [0.15, 0.2) is 72.8 Å². The van der Waals surface area contributed by atoms with Gasteiger partial charge in [0.25, 0.3) is 0 Å². The van der Waals surface area contributed by atoms with E-state index in [0.717, 1.165) is 23.5 Å². The summed E-state index contributed by atoms with van der Waals surface area (Å²) < 4.78 is 15.3. The van der Waals surface area contributed by atoms with Gasteiger partial charge in [-0.1, -0.05) is 119 Å². The molecule has 0 spiro atoms. The smallest absolute Gasteiger partial charge is 0.131 e. The lowest BCUT2D eigenvalue weighted by Gasteiger charge is -2.37. The fourth-order valence-corrected chi connectivity index (χ4v) is 5.85. The molecule has 3 atom stereocenters. The number of benzene rings is 3. The Bertz CT molecular complexity index is 973. The van der Waals surface area contributed by atoms with E-state index in [-0.39, 0.29) is 5.82 Å². The van der Waals surface area contributed by atoms with Crippen molar-refractivity contribution in [1.29, 1.82) is 0 Å². The van der Waals surface area contributed by atoms with Gasteiger partial charge in [0, 0.05) is 5.56 Å². The van der Waals surface area contributed by atoms with Crippen LogP contribution >= 0.6 is 0 Å². The summed E-state index contributed by atoms with van der Waals surface area (Å²) in [5.74, 6) is 1.90. The van der Waals surface area contributed by atoms with E-state index in [1.807, 2.05) is 42.5 Å². The maximum absolute atomic E-state index is 15.3. The van der Waals surface area contributed by atoms with Crippen LogP contribution in [0.25, 0.3) is 22.3 Å². The Kier molecular flexibility index (Phi) is 7.79. The van der Waals surface area contributed by atoms with Gasteiger partial charge >= 0.3 is 0 Å². The van der Waals surface area contributed by atoms with Crippen molar-refractivity contribution in [2.24, 2.45) is 11.8 Å². The van der Waals surface area contributed by atoms with Crippen LogP contribution in [-0.2, 0) is 0 Å². The molecule has 1 fully saturated rings. The normalized spacial score (nSPS) is 19.6. The minimum Gasteiger partial charge on any atom is -0.206 e. The van der Waals surface area contributed by atoms with Crippen molar-refractivity contribution >= 4 is 0 Å². The molecule has 3 unspecified atom stereocenters. The number of hydrogen-bond donors (Lipinski definition) is 0. The van der Waals surface area contributed by atoms with Crippen LogP contribution in [0, 0.1) is 17.7 Å². The van der Waals surface area contributed by atoms with Gasteiger partial charge in [0.1, 0.15) is 5.82 Å². The molecule has 1 aliphatic carbocycles. The van der Waals surface area contributed by atoms with E-state index in [1.165, 1.54) is 56.1 Å². The Hall–Kier alpha value is -2.41. The molecule has 3 aromatic rings. The van der Waals surface area contributed by atoms with E-state index < -0.39 is 0 Å². The first-order valence-corrected chi connectivity index (χ1v) is 12.7. The first kappa shape index (κ1) is 22.8. The summed E-state index contributed by atoms with van der Waals surface area (Å²) in [4.78, 5) is 0. The molecule has 0 aromatic heterocycles. The van der Waals surface area contributed by atoms with Gasteiger partial charge in [0.15, 0.2) is 0 Å². The lowest BCUT2D eigenvalue weighted by Crippen LogP contribution is -2.25. The van der Waals surface area contributed by atoms with Gasteiger partial charge in [-0.05, 0) is 58.9 Å². The Morgan fingerprint density at radius 1 is 0.812 bits per heavy atom. The van der Waals surface area contributed by atoms with Crippen molar-refractivity contribution in [3.8, 4) is 22.3 Å². The van der Waals surface area contributed by atoms with E-state index >= 15 is 4.39 Å². The molecule has 0 nitrogen and oxygen atoms in total. The van der Waals surface area contributed by atoms with Gasteiger partial charge in [0.05, 0.1) is 0 Å². The van der Waals surface area contributed by atoms with Crippen molar-refractivity contribution in [2.45, 2.75) is 71.1 Å². The molecule has 0 saturated heterocycles. The van der Waals surface area contributed by atoms with Gasteiger partial charge in [0.2, 0.25) is 0 Å². The summed E-state index contributed by atoms with van der Waals surface area (Å²) in [6, 6.07) is 24.6. The zero-order chi connectivity index (χ0) is 22.3. The number of rotatable bonds is 8. The third-order valence-electron chi connectivity index (χ3n) is 7.58. The average molecular weight is 429 g/mol. The van der Waals surface area contributed by atoms with Crippen LogP contribution < -0.4 is 0 Å². The van der Waals surface area contributed by atoms with Crippen molar-refractivity contribution in [3.05, 3.63) is 84.2 Å². The Morgan fingerprint density at radius 2 is 1.50 bits per heavy atom. The lowest BCUT2D eigenvalue weighted by molar-refractivity contribution is 0.183. The third kappa shape index (κ3) is 5.14. The maximum Gasteiger partial charge on any atom is 0.131 e. The molecule has 1 saturated carbocycles. The number of halogens is 1. The average Bonchev–Trinajstić information content (AvgIpc) is 2.85. The second-order valence-electron chi connectivity index (χ2n) is 9.55. The van der Waals surface area contributed by atoms with Crippen LogP contribution in [0.2, 0.25) is 0 Å². The molecule has 1 heteroatoms. The first-order chi connectivity index (χ1) is 15.7.